The number of hydrogen-bond donors (Lipinski definition) is 2. The molecule has 168 valence electrons. The van der Waals surface area contributed by atoms with Crippen LogP contribution in [0.2, 0.25) is 5.02 Å². The van der Waals surface area contributed by atoms with Gasteiger partial charge in [0.15, 0.2) is 0 Å². The van der Waals surface area contributed by atoms with Crippen LogP contribution < -0.4 is 15.4 Å². The highest BCUT2D eigenvalue weighted by Gasteiger charge is 2.18. The van der Waals surface area contributed by atoms with Crippen LogP contribution in [0.25, 0.3) is 0 Å². The summed E-state index contributed by atoms with van der Waals surface area (Å²) >= 11 is 6.02. The highest BCUT2D eigenvalue weighted by Crippen LogP contribution is 2.27. The maximum Gasteiger partial charge on any atom is 0.323 e. The Morgan fingerprint density at radius 1 is 1.00 bits per heavy atom. The molecule has 1 aliphatic rings. The third-order valence-electron chi connectivity index (χ3n) is 5.45. The van der Waals surface area contributed by atoms with Crippen molar-refractivity contribution in [2.75, 3.05) is 43.9 Å². The number of hydrogen-bond acceptors (Lipinski definition) is 5. The summed E-state index contributed by atoms with van der Waals surface area (Å²) < 4.78 is 10.7. The number of amides is 2. The van der Waals surface area contributed by atoms with Crippen molar-refractivity contribution in [2.24, 2.45) is 0 Å². The summed E-state index contributed by atoms with van der Waals surface area (Å²) in [6.45, 7) is 5.83. The fourth-order valence-electron chi connectivity index (χ4n) is 3.74. The van der Waals surface area contributed by atoms with E-state index in [1.54, 1.807) is 31.6 Å². The highest BCUT2D eigenvalue weighted by atomic mass is 35.5. The molecule has 3 aromatic rings. The third-order valence-corrected chi connectivity index (χ3v) is 5.69. The molecule has 2 aromatic carbocycles. The fraction of sp³-hybridized carbons (Fsp3) is 0.292. The average molecular weight is 455 g/mol. The molecule has 0 spiro atoms. The van der Waals surface area contributed by atoms with E-state index in [1.165, 1.54) is 5.56 Å². The Morgan fingerprint density at radius 2 is 1.72 bits per heavy atom. The molecule has 0 radical (unpaired) electrons. The Bertz CT molecular complexity index is 1020. The second-order valence-corrected chi connectivity index (χ2v) is 8.19. The van der Waals surface area contributed by atoms with Crippen LogP contribution in [0.1, 0.15) is 11.3 Å². The molecule has 1 aromatic heterocycles. The van der Waals surface area contributed by atoms with Gasteiger partial charge in [-0.3, -0.25) is 9.80 Å². The minimum Gasteiger partial charge on any atom is -0.495 e. The van der Waals surface area contributed by atoms with E-state index >= 15 is 0 Å². The Balaban J connectivity index is 1.25. The van der Waals surface area contributed by atoms with Crippen LogP contribution in [0.5, 0.6) is 5.75 Å². The smallest absolute Gasteiger partial charge is 0.323 e. The topological polar surface area (TPSA) is 70.0 Å². The zero-order chi connectivity index (χ0) is 22.3. The molecule has 2 N–H and O–H groups in total. The van der Waals surface area contributed by atoms with Gasteiger partial charge < -0.3 is 19.8 Å². The number of rotatable bonds is 7. The first kappa shape index (κ1) is 22.2. The van der Waals surface area contributed by atoms with Crippen molar-refractivity contribution < 1.29 is 13.9 Å². The Hall–Kier alpha value is -3.00. The number of carbonyl (C=O) groups is 1. The molecule has 1 saturated heterocycles. The Labute approximate surface area is 192 Å². The number of carbonyl (C=O) groups excluding carboxylic acids is 1. The number of furan rings is 1. The number of halogens is 1. The number of ether oxygens (including phenoxy) is 1. The van der Waals surface area contributed by atoms with Crippen LogP contribution >= 0.6 is 11.6 Å². The van der Waals surface area contributed by atoms with E-state index in [1.807, 2.05) is 36.4 Å². The van der Waals surface area contributed by atoms with Gasteiger partial charge in [-0.15, -0.1) is 0 Å². The first-order chi connectivity index (χ1) is 15.6. The van der Waals surface area contributed by atoms with Crippen molar-refractivity contribution in [3.63, 3.8) is 0 Å². The van der Waals surface area contributed by atoms with Gasteiger partial charge in [0.05, 0.1) is 25.6 Å². The number of anilines is 2. The van der Waals surface area contributed by atoms with Gasteiger partial charge in [0, 0.05) is 43.4 Å². The van der Waals surface area contributed by atoms with Crippen LogP contribution in [-0.2, 0) is 13.1 Å². The van der Waals surface area contributed by atoms with Gasteiger partial charge >= 0.3 is 6.03 Å². The standard InChI is InChI=1S/C24H27ClN4O3/c1-31-23-9-6-19(25)15-22(23)27-24(30)26-20-7-4-18(5-8-20)16-28-10-12-29(13-11-28)17-21-3-2-14-32-21/h2-9,14-15H,10-13,16-17H2,1H3,(H2,26,27,30). The van der Waals surface area contributed by atoms with Crippen molar-refractivity contribution in [2.45, 2.75) is 13.1 Å². The van der Waals surface area contributed by atoms with E-state index in [2.05, 4.69) is 20.4 Å². The highest BCUT2D eigenvalue weighted by molar-refractivity contribution is 6.31. The lowest BCUT2D eigenvalue weighted by Gasteiger charge is -2.34. The van der Waals surface area contributed by atoms with Crippen molar-refractivity contribution >= 4 is 29.0 Å². The van der Waals surface area contributed by atoms with Crippen LogP contribution in [0.4, 0.5) is 16.2 Å². The van der Waals surface area contributed by atoms with E-state index in [0.29, 0.717) is 16.5 Å². The first-order valence-corrected chi connectivity index (χ1v) is 10.9. The molecule has 1 fully saturated rings. The summed E-state index contributed by atoms with van der Waals surface area (Å²) in [4.78, 5) is 17.2. The fourth-order valence-corrected chi connectivity index (χ4v) is 3.91. The van der Waals surface area contributed by atoms with Gasteiger partial charge in [0.2, 0.25) is 0 Å². The molecule has 2 heterocycles. The molecule has 2 amide bonds. The molecule has 8 heteroatoms. The second kappa shape index (κ2) is 10.5. The minimum atomic E-state index is -0.356. The average Bonchev–Trinajstić information content (AvgIpc) is 3.30. The summed E-state index contributed by atoms with van der Waals surface area (Å²) in [5.41, 5.74) is 2.45. The molecular weight excluding hydrogens is 428 g/mol. The molecule has 0 saturated carbocycles. The van der Waals surface area contributed by atoms with Crippen LogP contribution in [0.3, 0.4) is 0 Å². The van der Waals surface area contributed by atoms with Crippen molar-refractivity contribution in [1.29, 1.82) is 0 Å². The van der Waals surface area contributed by atoms with E-state index in [4.69, 9.17) is 20.8 Å². The molecule has 0 atom stereocenters. The third kappa shape index (κ3) is 6.03. The monoisotopic (exact) mass is 454 g/mol. The second-order valence-electron chi connectivity index (χ2n) is 7.75. The number of nitrogens with zero attached hydrogens (tertiary/aromatic N) is 2. The molecular formula is C24H27ClN4O3. The van der Waals surface area contributed by atoms with Gasteiger partial charge in [0.25, 0.3) is 0 Å². The molecule has 32 heavy (non-hydrogen) atoms. The predicted molar refractivity (Wildman–Crippen MR) is 126 cm³/mol. The summed E-state index contributed by atoms with van der Waals surface area (Å²) in [6, 6.07) is 16.6. The van der Waals surface area contributed by atoms with Gasteiger partial charge in [-0.25, -0.2) is 4.79 Å². The van der Waals surface area contributed by atoms with Gasteiger partial charge in [-0.1, -0.05) is 23.7 Å². The summed E-state index contributed by atoms with van der Waals surface area (Å²) in [5, 5.41) is 6.13. The largest absolute Gasteiger partial charge is 0.495 e. The Morgan fingerprint density at radius 3 is 2.38 bits per heavy atom. The molecule has 0 unspecified atom stereocenters. The predicted octanol–water partition coefficient (Wildman–Crippen LogP) is 4.90. The molecule has 4 rings (SSSR count). The lowest BCUT2D eigenvalue weighted by atomic mass is 10.1. The lowest BCUT2D eigenvalue weighted by Crippen LogP contribution is -2.45. The maximum atomic E-state index is 12.4. The Kier molecular flexibility index (Phi) is 7.32. The number of urea groups is 1. The van der Waals surface area contributed by atoms with Crippen molar-refractivity contribution in [3.8, 4) is 5.75 Å². The van der Waals surface area contributed by atoms with Crippen molar-refractivity contribution in [3.05, 3.63) is 77.2 Å². The SMILES string of the molecule is COc1ccc(Cl)cc1NC(=O)Nc1ccc(CN2CCN(Cc3ccco3)CC2)cc1. The number of nitrogens with one attached hydrogen (secondary N) is 2. The summed E-state index contributed by atoms with van der Waals surface area (Å²) in [5.74, 6) is 1.56. The van der Waals surface area contributed by atoms with Gasteiger partial charge in [0.1, 0.15) is 11.5 Å². The normalized spacial score (nSPS) is 14.8. The van der Waals surface area contributed by atoms with E-state index in [-0.39, 0.29) is 6.03 Å². The van der Waals surface area contributed by atoms with Crippen LogP contribution in [-0.4, -0.2) is 49.1 Å². The zero-order valence-electron chi connectivity index (χ0n) is 18.0. The molecule has 7 nitrogen and oxygen atoms in total. The molecule has 0 aliphatic carbocycles. The summed E-state index contributed by atoms with van der Waals surface area (Å²) in [6.07, 6.45) is 1.72. The van der Waals surface area contributed by atoms with E-state index in [9.17, 15) is 4.79 Å². The zero-order valence-corrected chi connectivity index (χ0v) is 18.8. The molecule has 1 aliphatic heterocycles. The van der Waals surface area contributed by atoms with E-state index in [0.717, 1.165) is 50.7 Å². The lowest BCUT2D eigenvalue weighted by molar-refractivity contribution is 0.116. The number of piperazine rings is 1. The van der Waals surface area contributed by atoms with Crippen LogP contribution in [0, 0.1) is 0 Å². The summed E-state index contributed by atoms with van der Waals surface area (Å²) in [7, 11) is 1.55. The minimum absolute atomic E-state index is 0.356. The van der Waals surface area contributed by atoms with Crippen molar-refractivity contribution in [1.82, 2.24) is 9.80 Å². The number of methoxy groups -OCH3 is 1. The molecule has 0 bridgehead atoms. The van der Waals surface area contributed by atoms with Gasteiger partial charge in [-0.05, 0) is 48.0 Å². The van der Waals surface area contributed by atoms with Gasteiger partial charge in [-0.2, -0.15) is 0 Å². The van der Waals surface area contributed by atoms with Crippen LogP contribution in [0.15, 0.2) is 65.3 Å². The number of benzene rings is 2. The first-order valence-electron chi connectivity index (χ1n) is 10.6. The maximum absolute atomic E-state index is 12.4. The van der Waals surface area contributed by atoms with E-state index < -0.39 is 0 Å². The quantitative estimate of drug-likeness (QED) is 0.531.